The van der Waals surface area contributed by atoms with Crippen LogP contribution in [0, 0.1) is 0 Å². The minimum Gasteiger partial charge on any atom is -0.489 e. The van der Waals surface area contributed by atoms with Crippen LogP contribution in [0.2, 0.25) is 5.02 Å². The predicted octanol–water partition coefficient (Wildman–Crippen LogP) is 6.47. The van der Waals surface area contributed by atoms with Gasteiger partial charge in [-0.3, -0.25) is 4.79 Å². The number of nitrogen functional groups attached to an aromatic ring is 1. The van der Waals surface area contributed by atoms with Gasteiger partial charge in [-0.1, -0.05) is 55.3 Å². The number of hydrogen-bond donors (Lipinski definition) is 2. The van der Waals surface area contributed by atoms with Crippen molar-refractivity contribution in [2.75, 3.05) is 5.73 Å². The molecule has 1 aliphatic carbocycles. The number of ether oxygens (including phenoxy) is 1. The number of hydrogen-bond acceptors (Lipinski definition) is 6. The normalized spacial score (nSPS) is 12.8. The SMILES string of the molecule is C1CCCCC1.CC(C)Oc1ccc(-c2noc(-c3ccc(N)cc3)n2)cc1Cl.O=CO. The van der Waals surface area contributed by atoms with E-state index >= 15 is 0 Å². The Morgan fingerprint density at radius 3 is 2.06 bits per heavy atom. The molecule has 3 N–H and O–H groups in total. The van der Waals surface area contributed by atoms with Crippen LogP contribution in [0.1, 0.15) is 52.4 Å². The fourth-order valence-corrected chi connectivity index (χ4v) is 3.36. The van der Waals surface area contributed by atoms with Crippen molar-refractivity contribution in [1.29, 1.82) is 0 Å². The van der Waals surface area contributed by atoms with Crippen LogP contribution in [0.25, 0.3) is 22.8 Å². The van der Waals surface area contributed by atoms with Gasteiger partial charge in [0.05, 0.1) is 11.1 Å². The second-order valence-electron chi connectivity index (χ2n) is 7.58. The molecule has 0 radical (unpaired) electrons. The number of carbonyl (C=O) groups is 1. The van der Waals surface area contributed by atoms with Crippen LogP contribution in [-0.4, -0.2) is 27.8 Å². The first-order chi connectivity index (χ1) is 15.4. The predicted molar refractivity (Wildman–Crippen MR) is 127 cm³/mol. The Balaban J connectivity index is 0.000000339. The second-order valence-corrected chi connectivity index (χ2v) is 7.99. The van der Waals surface area contributed by atoms with Crippen molar-refractivity contribution in [3.05, 3.63) is 47.5 Å². The van der Waals surface area contributed by atoms with E-state index in [9.17, 15) is 0 Å². The third-order valence-corrected chi connectivity index (χ3v) is 4.93. The van der Waals surface area contributed by atoms with E-state index in [4.69, 9.17) is 36.5 Å². The lowest BCUT2D eigenvalue weighted by molar-refractivity contribution is -0.122. The Kier molecular flexibility index (Phi) is 10.5. The molecule has 3 aromatic rings. The zero-order valence-corrected chi connectivity index (χ0v) is 19.2. The lowest BCUT2D eigenvalue weighted by Gasteiger charge is -2.11. The Labute approximate surface area is 193 Å². The number of nitrogens with zero attached hydrogens (tertiary/aromatic N) is 2. The highest BCUT2D eigenvalue weighted by molar-refractivity contribution is 6.32. The molecule has 0 unspecified atom stereocenters. The Hall–Kier alpha value is -3.06. The average molecular weight is 460 g/mol. The summed E-state index contributed by atoms with van der Waals surface area (Å²) in [4.78, 5) is 12.8. The molecule has 7 nitrogen and oxygen atoms in total. The highest BCUT2D eigenvalue weighted by Gasteiger charge is 2.13. The van der Waals surface area contributed by atoms with E-state index in [0.29, 0.717) is 28.2 Å². The maximum absolute atomic E-state index is 8.36. The highest BCUT2D eigenvalue weighted by atomic mass is 35.5. The standard InChI is InChI=1S/C17H16ClN3O2.C6H12.CH2O2/c1-10(2)22-15-8-5-12(9-14(15)18)16-20-17(23-21-16)11-3-6-13(19)7-4-11;1-2-4-6-5-3-1;2-1-3/h3-10H,19H2,1-2H3;1-6H2;1H,(H,2,3). The monoisotopic (exact) mass is 459 g/mol. The first-order valence-electron chi connectivity index (χ1n) is 10.7. The van der Waals surface area contributed by atoms with Gasteiger partial charge < -0.3 is 20.1 Å². The first-order valence-corrected chi connectivity index (χ1v) is 11.1. The highest BCUT2D eigenvalue weighted by Crippen LogP contribution is 2.31. The van der Waals surface area contributed by atoms with Gasteiger partial charge in [0.1, 0.15) is 5.75 Å². The Morgan fingerprint density at radius 1 is 1.03 bits per heavy atom. The van der Waals surface area contributed by atoms with Crippen LogP contribution < -0.4 is 10.5 Å². The van der Waals surface area contributed by atoms with Crippen molar-refractivity contribution in [3.8, 4) is 28.6 Å². The molecular formula is C24H30ClN3O4. The van der Waals surface area contributed by atoms with Crippen molar-refractivity contribution < 1.29 is 19.2 Å². The van der Waals surface area contributed by atoms with Gasteiger partial charge in [-0.25, -0.2) is 0 Å². The molecule has 8 heteroatoms. The Morgan fingerprint density at radius 2 is 1.56 bits per heavy atom. The minimum atomic E-state index is -0.250. The van der Waals surface area contributed by atoms with Crippen molar-refractivity contribution in [2.24, 2.45) is 0 Å². The molecule has 172 valence electrons. The van der Waals surface area contributed by atoms with Gasteiger partial charge in [-0.2, -0.15) is 4.98 Å². The maximum atomic E-state index is 8.36. The molecule has 0 bridgehead atoms. The molecule has 1 saturated carbocycles. The van der Waals surface area contributed by atoms with Crippen LogP contribution in [-0.2, 0) is 4.79 Å². The lowest BCUT2D eigenvalue weighted by Crippen LogP contribution is -2.05. The number of aromatic nitrogens is 2. The number of anilines is 1. The number of benzene rings is 2. The van der Waals surface area contributed by atoms with Crippen LogP contribution in [0.5, 0.6) is 5.75 Å². The maximum Gasteiger partial charge on any atom is 0.290 e. The van der Waals surface area contributed by atoms with E-state index in [1.165, 1.54) is 38.5 Å². The molecule has 32 heavy (non-hydrogen) atoms. The molecule has 0 amide bonds. The van der Waals surface area contributed by atoms with Crippen molar-refractivity contribution in [2.45, 2.75) is 58.5 Å². The summed E-state index contributed by atoms with van der Waals surface area (Å²) in [6.45, 7) is 3.64. The van der Waals surface area contributed by atoms with E-state index in [2.05, 4.69) is 10.1 Å². The average Bonchev–Trinajstić information content (AvgIpc) is 3.28. The van der Waals surface area contributed by atoms with Gasteiger partial charge in [-0.15, -0.1) is 0 Å². The molecule has 1 fully saturated rings. The summed E-state index contributed by atoms with van der Waals surface area (Å²) in [5.41, 5.74) is 7.92. The van der Waals surface area contributed by atoms with Crippen LogP contribution in [0.3, 0.4) is 0 Å². The van der Waals surface area contributed by atoms with E-state index < -0.39 is 0 Å². The first kappa shape index (κ1) is 25.2. The van der Waals surface area contributed by atoms with Crippen molar-refractivity contribution in [3.63, 3.8) is 0 Å². The van der Waals surface area contributed by atoms with Gasteiger partial charge in [0.2, 0.25) is 5.82 Å². The summed E-state index contributed by atoms with van der Waals surface area (Å²) in [7, 11) is 0. The van der Waals surface area contributed by atoms with E-state index in [1.807, 2.05) is 32.0 Å². The number of halogens is 1. The fraction of sp³-hybridized carbons (Fsp3) is 0.375. The number of nitrogens with two attached hydrogens (primary N) is 1. The zero-order chi connectivity index (χ0) is 23.3. The molecule has 1 heterocycles. The van der Waals surface area contributed by atoms with E-state index in [0.717, 1.165) is 11.1 Å². The zero-order valence-electron chi connectivity index (χ0n) is 18.5. The summed E-state index contributed by atoms with van der Waals surface area (Å²) in [5, 5.41) is 11.4. The smallest absolute Gasteiger partial charge is 0.290 e. The summed E-state index contributed by atoms with van der Waals surface area (Å²) >= 11 is 6.24. The van der Waals surface area contributed by atoms with Crippen LogP contribution in [0.4, 0.5) is 5.69 Å². The molecule has 0 spiro atoms. The van der Waals surface area contributed by atoms with Gasteiger partial charge in [0, 0.05) is 16.8 Å². The van der Waals surface area contributed by atoms with Crippen molar-refractivity contribution in [1.82, 2.24) is 10.1 Å². The van der Waals surface area contributed by atoms with Gasteiger partial charge in [-0.05, 0) is 56.3 Å². The molecule has 0 atom stereocenters. The molecule has 1 aliphatic rings. The molecule has 4 rings (SSSR count). The number of carboxylic acid groups (broad SMARTS) is 1. The Bertz CT molecular complexity index is 943. The van der Waals surface area contributed by atoms with Gasteiger partial charge >= 0.3 is 0 Å². The van der Waals surface area contributed by atoms with Gasteiger partial charge in [0.15, 0.2) is 0 Å². The van der Waals surface area contributed by atoms with Crippen LogP contribution in [0.15, 0.2) is 47.0 Å². The summed E-state index contributed by atoms with van der Waals surface area (Å²) < 4.78 is 10.9. The molecule has 0 aliphatic heterocycles. The molecule has 0 saturated heterocycles. The second kappa shape index (κ2) is 13.4. The third-order valence-electron chi connectivity index (χ3n) is 4.64. The largest absolute Gasteiger partial charge is 0.489 e. The van der Waals surface area contributed by atoms with Gasteiger partial charge in [0.25, 0.3) is 12.4 Å². The topological polar surface area (TPSA) is 111 Å². The van der Waals surface area contributed by atoms with E-state index in [1.54, 1.807) is 24.3 Å². The summed E-state index contributed by atoms with van der Waals surface area (Å²) in [6, 6.07) is 12.6. The van der Waals surface area contributed by atoms with Crippen LogP contribution >= 0.6 is 11.6 Å². The third kappa shape index (κ3) is 8.23. The van der Waals surface area contributed by atoms with Crippen molar-refractivity contribution >= 4 is 23.8 Å². The summed E-state index contributed by atoms with van der Waals surface area (Å²) in [6.07, 6.45) is 9.06. The van der Waals surface area contributed by atoms with E-state index in [-0.39, 0.29) is 12.6 Å². The molecule has 2 aromatic carbocycles. The quantitative estimate of drug-likeness (QED) is 0.339. The summed E-state index contributed by atoms with van der Waals surface area (Å²) in [5.74, 6) is 1.53. The lowest BCUT2D eigenvalue weighted by atomic mass is 10.0. The fourth-order valence-electron chi connectivity index (χ4n) is 3.13. The molecule has 1 aromatic heterocycles. The number of rotatable bonds is 4. The minimum absolute atomic E-state index is 0.0562. The molecular weight excluding hydrogens is 430 g/mol.